The molecule has 0 fully saturated rings. The van der Waals surface area contributed by atoms with Crippen molar-refractivity contribution < 1.29 is 4.57 Å². The number of pyridine rings is 1. The third kappa shape index (κ3) is 1.50. The Hall–Kier alpha value is -0.850. The molecule has 0 N–H and O–H groups in total. The predicted molar refractivity (Wildman–Crippen MR) is 51.2 cm³/mol. The van der Waals surface area contributed by atoms with E-state index in [0.29, 0.717) is 6.04 Å². The van der Waals surface area contributed by atoms with Gasteiger partial charge in [0.25, 0.3) is 0 Å². The van der Waals surface area contributed by atoms with Gasteiger partial charge < -0.3 is 0 Å². The summed E-state index contributed by atoms with van der Waals surface area (Å²) < 4.78 is 2.31. The van der Waals surface area contributed by atoms with Gasteiger partial charge in [-0.3, -0.25) is 0 Å². The monoisotopic (exact) mass is 164 g/mol. The van der Waals surface area contributed by atoms with E-state index in [1.807, 2.05) is 0 Å². The topological polar surface area (TPSA) is 3.88 Å². The van der Waals surface area contributed by atoms with Crippen molar-refractivity contribution in [1.82, 2.24) is 0 Å². The summed E-state index contributed by atoms with van der Waals surface area (Å²) in [4.78, 5) is 0. The fourth-order valence-corrected chi connectivity index (χ4v) is 1.47. The van der Waals surface area contributed by atoms with Crippen molar-refractivity contribution in [2.75, 3.05) is 0 Å². The molecular formula is C11H18N+. The molecule has 0 saturated heterocycles. The zero-order valence-corrected chi connectivity index (χ0v) is 8.68. The van der Waals surface area contributed by atoms with E-state index in [4.69, 9.17) is 0 Å². The van der Waals surface area contributed by atoms with E-state index in [1.165, 1.54) is 16.8 Å². The van der Waals surface area contributed by atoms with Gasteiger partial charge in [0.05, 0.1) is 0 Å². The quantitative estimate of drug-likeness (QED) is 0.561. The molecule has 1 heteroatoms. The molecular weight excluding hydrogens is 146 g/mol. The molecule has 0 aliphatic carbocycles. The van der Waals surface area contributed by atoms with Crippen molar-refractivity contribution in [1.29, 1.82) is 0 Å². The average Bonchev–Trinajstić information content (AvgIpc) is 2.00. The summed E-state index contributed by atoms with van der Waals surface area (Å²) in [6.45, 7) is 10.9. The molecule has 1 rings (SSSR count). The Balaban J connectivity index is 3.27. The highest BCUT2D eigenvalue weighted by Crippen LogP contribution is 2.08. The van der Waals surface area contributed by atoms with Gasteiger partial charge in [-0.25, -0.2) is 4.57 Å². The number of hydrogen-bond donors (Lipinski definition) is 0. The average molecular weight is 164 g/mol. The molecule has 12 heavy (non-hydrogen) atoms. The Morgan fingerprint density at radius 1 is 1.17 bits per heavy atom. The normalized spacial score (nSPS) is 10.8. The largest absolute Gasteiger partial charge is 0.200 e. The summed E-state index contributed by atoms with van der Waals surface area (Å²) in [5.41, 5.74) is 4.17. The highest BCUT2D eigenvalue weighted by atomic mass is 15.0. The minimum Gasteiger partial charge on any atom is -0.200 e. The molecule has 0 unspecified atom stereocenters. The minimum absolute atomic E-state index is 0.560. The Bertz CT molecular complexity index is 287. The highest BCUT2D eigenvalue weighted by Gasteiger charge is 2.13. The first-order valence-electron chi connectivity index (χ1n) is 4.52. The standard InChI is InChI=1S/C11H18N/c1-8(2)12-7-6-9(3)10(4)11(12)5/h6-8H,1-5H3/q+1. The first-order valence-corrected chi connectivity index (χ1v) is 4.52. The Morgan fingerprint density at radius 3 is 2.25 bits per heavy atom. The van der Waals surface area contributed by atoms with E-state index in [9.17, 15) is 0 Å². The van der Waals surface area contributed by atoms with Gasteiger partial charge in [-0.05, 0) is 33.3 Å². The molecule has 0 bridgehead atoms. The molecule has 0 atom stereocenters. The van der Waals surface area contributed by atoms with Crippen LogP contribution in [0.15, 0.2) is 12.3 Å². The van der Waals surface area contributed by atoms with Gasteiger partial charge in [0.1, 0.15) is 0 Å². The first kappa shape index (κ1) is 9.24. The van der Waals surface area contributed by atoms with Crippen LogP contribution in [0.2, 0.25) is 0 Å². The molecule has 1 heterocycles. The predicted octanol–water partition coefficient (Wildman–Crippen LogP) is 2.48. The maximum Gasteiger partial charge on any atom is 0.181 e. The van der Waals surface area contributed by atoms with Crippen LogP contribution >= 0.6 is 0 Å². The molecule has 0 spiro atoms. The fraction of sp³-hybridized carbons (Fsp3) is 0.545. The van der Waals surface area contributed by atoms with Crippen molar-refractivity contribution in [3.05, 3.63) is 29.1 Å². The summed E-state index contributed by atoms with van der Waals surface area (Å²) in [6.07, 6.45) is 2.17. The van der Waals surface area contributed by atoms with Crippen LogP contribution in [0.1, 0.15) is 36.7 Å². The molecule has 0 aromatic carbocycles. The zero-order chi connectivity index (χ0) is 9.30. The van der Waals surface area contributed by atoms with Gasteiger partial charge >= 0.3 is 0 Å². The first-order chi connectivity index (χ1) is 5.54. The Labute approximate surface area is 75.1 Å². The second kappa shape index (κ2) is 3.26. The second-order valence-electron chi connectivity index (χ2n) is 3.71. The molecule has 0 saturated carbocycles. The summed E-state index contributed by atoms with van der Waals surface area (Å²) in [6, 6.07) is 2.74. The number of hydrogen-bond acceptors (Lipinski definition) is 0. The Morgan fingerprint density at radius 2 is 1.75 bits per heavy atom. The fourth-order valence-electron chi connectivity index (χ4n) is 1.47. The highest BCUT2D eigenvalue weighted by molar-refractivity contribution is 5.22. The van der Waals surface area contributed by atoms with Crippen molar-refractivity contribution in [3.8, 4) is 0 Å². The summed E-state index contributed by atoms with van der Waals surface area (Å²) in [7, 11) is 0. The molecule has 0 amide bonds. The van der Waals surface area contributed by atoms with Crippen LogP contribution in [0.25, 0.3) is 0 Å². The second-order valence-corrected chi connectivity index (χ2v) is 3.71. The third-order valence-corrected chi connectivity index (χ3v) is 2.56. The summed E-state index contributed by atoms with van der Waals surface area (Å²) in [5, 5.41) is 0. The molecule has 66 valence electrons. The van der Waals surface area contributed by atoms with E-state index in [0.717, 1.165) is 0 Å². The van der Waals surface area contributed by atoms with Crippen LogP contribution < -0.4 is 4.57 Å². The van der Waals surface area contributed by atoms with Crippen molar-refractivity contribution in [2.45, 2.75) is 40.7 Å². The van der Waals surface area contributed by atoms with Crippen LogP contribution in [0.3, 0.4) is 0 Å². The summed E-state index contributed by atoms with van der Waals surface area (Å²) >= 11 is 0. The van der Waals surface area contributed by atoms with Crippen LogP contribution in [0.5, 0.6) is 0 Å². The lowest BCUT2D eigenvalue weighted by molar-refractivity contribution is -0.722. The zero-order valence-electron chi connectivity index (χ0n) is 8.68. The van der Waals surface area contributed by atoms with Crippen molar-refractivity contribution >= 4 is 0 Å². The lowest BCUT2D eigenvalue weighted by atomic mass is 10.1. The van der Waals surface area contributed by atoms with Gasteiger partial charge in [-0.1, -0.05) is 0 Å². The van der Waals surface area contributed by atoms with Crippen molar-refractivity contribution in [2.24, 2.45) is 0 Å². The smallest absolute Gasteiger partial charge is 0.181 e. The van der Waals surface area contributed by atoms with Gasteiger partial charge in [0.15, 0.2) is 17.9 Å². The van der Waals surface area contributed by atoms with E-state index in [1.54, 1.807) is 0 Å². The molecule has 0 aliphatic rings. The maximum atomic E-state index is 2.31. The molecule has 0 aliphatic heterocycles. The number of aromatic nitrogens is 1. The van der Waals surface area contributed by atoms with Crippen molar-refractivity contribution in [3.63, 3.8) is 0 Å². The molecule has 1 aromatic rings. The van der Waals surface area contributed by atoms with Crippen LogP contribution in [-0.4, -0.2) is 0 Å². The van der Waals surface area contributed by atoms with E-state index in [-0.39, 0.29) is 0 Å². The van der Waals surface area contributed by atoms with E-state index >= 15 is 0 Å². The lowest BCUT2D eigenvalue weighted by Crippen LogP contribution is -2.39. The molecule has 1 nitrogen and oxygen atoms in total. The van der Waals surface area contributed by atoms with E-state index < -0.39 is 0 Å². The van der Waals surface area contributed by atoms with Gasteiger partial charge in [0, 0.05) is 18.6 Å². The third-order valence-electron chi connectivity index (χ3n) is 2.56. The lowest BCUT2D eigenvalue weighted by Gasteiger charge is -2.07. The van der Waals surface area contributed by atoms with Gasteiger partial charge in [-0.2, -0.15) is 0 Å². The van der Waals surface area contributed by atoms with Crippen LogP contribution in [0, 0.1) is 20.8 Å². The molecule has 1 aromatic heterocycles. The number of rotatable bonds is 1. The minimum atomic E-state index is 0.560. The number of nitrogens with zero attached hydrogens (tertiary/aromatic N) is 1. The Kier molecular flexibility index (Phi) is 2.51. The molecule has 0 radical (unpaired) electrons. The van der Waals surface area contributed by atoms with Crippen LogP contribution in [0.4, 0.5) is 0 Å². The van der Waals surface area contributed by atoms with E-state index in [2.05, 4.69) is 51.4 Å². The maximum absolute atomic E-state index is 2.31. The van der Waals surface area contributed by atoms with Gasteiger partial charge in [-0.15, -0.1) is 0 Å². The van der Waals surface area contributed by atoms with Gasteiger partial charge in [0.2, 0.25) is 0 Å². The van der Waals surface area contributed by atoms with Crippen LogP contribution in [-0.2, 0) is 0 Å². The number of aryl methyl sites for hydroxylation is 1. The SMILES string of the molecule is Cc1cc[n+](C(C)C)c(C)c1C. The summed E-state index contributed by atoms with van der Waals surface area (Å²) in [5.74, 6) is 0.